The molecule has 1 amide bonds. The topological polar surface area (TPSA) is 67.3 Å². The molecule has 0 atom stereocenters. The average Bonchev–Trinajstić information content (AvgIpc) is 3.27. The predicted molar refractivity (Wildman–Crippen MR) is 119 cm³/mol. The molecule has 2 aromatic carbocycles. The number of carbonyl (C=O) groups is 1. The van der Waals surface area contributed by atoms with Crippen LogP contribution in [0.5, 0.6) is 5.75 Å². The quantitative estimate of drug-likeness (QED) is 0.579. The van der Waals surface area contributed by atoms with Gasteiger partial charge in [-0.2, -0.15) is 4.37 Å². The van der Waals surface area contributed by atoms with Gasteiger partial charge in [-0.25, -0.2) is 9.37 Å². The van der Waals surface area contributed by atoms with Crippen LogP contribution in [0.2, 0.25) is 0 Å². The van der Waals surface area contributed by atoms with Crippen LogP contribution in [0.3, 0.4) is 0 Å². The fourth-order valence-electron chi connectivity index (χ4n) is 3.53. The summed E-state index contributed by atoms with van der Waals surface area (Å²) in [5.74, 6) is 1.57. The third kappa shape index (κ3) is 6.24. The van der Waals surface area contributed by atoms with Crippen molar-refractivity contribution in [1.29, 1.82) is 0 Å². The van der Waals surface area contributed by atoms with E-state index in [4.69, 9.17) is 4.74 Å². The number of piperidine rings is 1. The highest BCUT2D eigenvalue weighted by atomic mass is 32.1. The second kappa shape index (κ2) is 10.3. The summed E-state index contributed by atoms with van der Waals surface area (Å²) in [7, 11) is 0. The first-order valence-corrected chi connectivity index (χ1v) is 11.2. The standard InChI is InChI=1S/C23H25FN4O2S/c24-19-8-6-17(7-9-19)14-21-26-23(31-27-21)28-12-10-18(11-13-28)15-25-22(29)16-30-20-4-2-1-3-5-20/h1-9,18H,10-16H2,(H,25,29). The largest absolute Gasteiger partial charge is 0.484 e. The molecule has 1 saturated heterocycles. The summed E-state index contributed by atoms with van der Waals surface area (Å²) in [6, 6.07) is 15.8. The lowest BCUT2D eigenvalue weighted by Gasteiger charge is -2.31. The Kier molecular flexibility index (Phi) is 7.09. The first kappa shape index (κ1) is 21.2. The minimum Gasteiger partial charge on any atom is -0.484 e. The van der Waals surface area contributed by atoms with E-state index in [1.165, 1.54) is 23.7 Å². The normalized spacial score (nSPS) is 14.4. The van der Waals surface area contributed by atoms with Gasteiger partial charge in [0.2, 0.25) is 5.13 Å². The van der Waals surface area contributed by atoms with Gasteiger partial charge in [-0.15, -0.1) is 0 Å². The molecule has 0 aliphatic carbocycles. The summed E-state index contributed by atoms with van der Waals surface area (Å²) in [5.41, 5.74) is 0.997. The third-order valence-corrected chi connectivity index (χ3v) is 6.13. The molecule has 6 nitrogen and oxygen atoms in total. The van der Waals surface area contributed by atoms with Gasteiger partial charge in [0.1, 0.15) is 17.4 Å². The van der Waals surface area contributed by atoms with Crippen molar-refractivity contribution < 1.29 is 13.9 Å². The summed E-state index contributed by atoms with van der Waals surface area (Å²) in [5, 5.41) is 3.90. The van der Waals surface area contributed by atoms with Gasteiger partial charge < -0.3 is 15.0 Å². The molecule has 0 radical (unpaired) electrons. The number of nitrogens with one attached hydrogen (secondary N) is 1. The molecule has 3 aromatic rings. The van der Waals surface area contributed by atoms with E-state index in [1.54, 1.807) is 12.1 Å². The van der Waals surface area contributed by atoms with Crippen LogP contribution < -0.4 is 15.0 Å². The van der Waals surface area contributed by atoms with E-state index in [1.807, 2.05) is 30.3 Å². The number of ether oxygens (including phenoxy) is 1. The number of amides is 1. The molecule has 0 saturated carbocycles. The Morgan fingerprint density at radius 3 is 2.61 bits per heavy atom. The Hall–Kier alpha value is -3.00. The first-order valence-electron chi connectivity index (χ1n) is 10.4. The van der Waals surface area contributed by atoms with Crippen LogP contribution in [-0.4, -0.2) is 41.5 Å². The highest BCUT2D eigenvalue weighted by molar-refractivity contribution is 7.09. The number of aromatic nitrogens is 2. The van der Waals surface area contributed by atoms with Crippen LogP contribution in [0.1, 0.15) is 24.2 Å². The van der Waals surface area contributed by atoms with E-state index >= 15 is 0 Å². The Morgan fingerprint density at radius 2 is 1.87 bits per heavy atom. The monoisotopic (exact) mass is 440 g/mol. The Labute approximate surface area is 185 Å². The molecule has 1 aromatic heterocycles. The predicted octanol–water partition coefficient (Wildman–Crippen LogP) is 3.68. The van der Waals surface area contributed by atoms with Crippen molar-refractivity contribution in [1.82, 2.24) is 14.7 Å². The van der Waals surface area contributed by atoms with Crippen molar-refractivity contribution >= 4 is 22.6 Å². The van der Waals surface area contributed by atoms with Gasteiger partial charge in [0, 0.05) is 37.6 Å². The maximum absolute atomic E-state index is 13.0. The smallest absolute Gasteiger partial charge is 0.257 e. The molecule has 1 N–H and O–H groups in total. The summed E-state index contributed by atoms with van der Waals surface area (Å²) in [6.07, 6.45) is 2.59. The van der Waals surface area contributed by atoms with Gasteiger partial charge in [-0.3, -0.25) is 4.79 Å². The van der Waals surface area contributed by atoms with Gasteiger partial charge in [-0.05, 0) is 48.6 Å². The van der Waals surface area contributed by atoms with Gasteiger partial charge >= 0.3 is 0 Å². The molecule has 1 fully saturated rings. The summed E-state index contributed by atoms with van der Waals surface area (Å²) in [6.45, 7) is 2.49. The van der Waals surface area contributed by atoms with Gasteiger partial charge in [0.15, 0.2) is 6.61 Å². The third-order valence-electron chi connectivity index (χ3n) is 5.32. The molecule has 1 aliphatic rings. The minimum atomic E-state index is -0.238. The Balaban J connectivity index is 1.18. The van der Waals surface area contributed by atoms with Crippen molar-refractivity contribution in [3.05, 3.63) is 71.8 Å². The van der Waals surface area contributed by atoms with E-state index in [9.17, 15) is 9.18 Å². The van der Waals surface area contributed by atoms with Crippen molar-refractivity contribution in [2.45, 2.75) is 19.3 Å². The molecule has 4 rings (SSSR count). The zero-order valence-corrected chi connectivity index (χ0v) is 18.0. The molecular formula is C23H25FN4O2S. The van der Waals surface area contributed by atoms with Crippen molar-refractivity contribution in [2.24, 2.45) is 5.92 Å². The highest BCUT2D eigenvalue weighted by Gasteiger charge is 2.22. The van der Waals surface area contributed by atoms with Crippen LogP contribution in [-0.2, 0) is 11.2 Å². The van der Waals surface area contributed by atoms with Gasteiger partial charge in [0.25, 0.3) is 5.91 Å². The number of nitrogens with zero attached hydrogens (tertiary/aromatic N) is 3. The molecule has 31 heavy (non-hydrogen) atoms. The second-order valence-electron chi connectivity index (χ2n) is 7.63. The lowest BCUT2D eigenvalue weighted by atomic mass is 9.97. The van der Waals surface area contributed by atoms with Crippen LogP contribution in [0.25, 0.3) is 0 Å². The Morgan fingerprint density at radius 1 is 1.13 bits per heavy atom. The van der Waals surface area contributed by atoms with Crippen LogP contribution >= 0.6 is 11.5 Å². The van der Waals surface area contributed by atoms with Gasteiger partial charge in [0.05, 0.1) is 0 Å². The van der Waals surface area contributed by atoms with E-state index < -0.39 is 0 Å². The highest BCUT2D eigenvalue weighted by Crippen LogP contribution is 2.25. The summed E-state index contributed by atoms with van der Waals surface area (Å²) >= 11 is 1.41. The summed E-state index contributed by atoms with van der Waals surface area (Å²) in [4.78, 5) is 18.9. The fraction of sp³-hybridized carbons (Fsp3) is 0.348. The number of anilines is 1. The average molecular weight is 441 g/mol. The zero-order valence-electron chi connectivity index (χ0n) is 17.2. The molecule has 2 heterocycles. The second-order valence-corrected chi connectivity index (χ2v) is 8.36. The molecule has 162 valence electrons. The number of carbonyl (C=O) groups excluding carboxylic acids is 1. The lowest BCUT2D eigenvalue weighted by molar-refractivity contribution is -0.123. The molecule has 0 bridgehead atoms. The van der Waals surface area contributed by atoms with Crippen molar-refractivity contribution in [3.8, 4) is 5.75 Å². The molecule has 0 unspecified atom stereocenters. The molecule has 8 heteroatoms. The van der Waals surface area contributed by atoms with E-state index in [2.05, 4.69) is 19.6 Å². The number of benzene rings is 2. The Bertz CT molecular complexity index is 973. The van der Waals surface area contributed by atoms with Crippen molar-refractivity contribution in [2.75, 3.05) is 31.1 Å². The van der Waals surface area contributed by atoms with E-state index in [0.29, 0.717) is 24.6 Å². The van der Waals surface area contributed by atoms with Crippen LogP contribution in [0.15, 0.2) is 54.6 Å². The zero-order chi connectivity index (χ0) is 21.5. The summed E-state index contributed by atoms with van der Waals surface area (Å²) < 4.78 is 23.0. The van der Waals surface area contributed by atoms with E-state index in [0.717, 1.165) is 42.5 Å². The maximum atomic E-state index is 13.0. The minimum absolute atomic E-state index is 0.0322. The number of rotatable bonds is 8. The molecule has 0 spiro atoms. The number of hydrogen-bond donors (Lipinski definition) is 1. The van der Waals surface area contributed by atoms with Crippen LogP contribution in [0.4, 0.5) is 9.52 Å². The van der Waals surface area contributed by atoms with Crippen molar-refractivity contribution in [3.63, 3.8) is 0 Å². The number of hydrogen-bond acceptors (Lipinski definition) is 6. The fourth-order valence-corrected chi connectivity index (χ4v) is 4.27. The SMILES string of the molecule is O=C(COc1ccccc1)NCC1CCN(c2nc(Cc3ccc(F)cc3)ns2)CC1. The van der Waals surface area contributed by atoms with E-state index in [-0.39, 0.29) is 18.3 Å². The lowest BCUT2D eigenvalue weighted by Crippen LogP contribution is -2.39. The molecule has 1 aliphatic heterocycles. The van der Waals surface area contributed by atoms with Gasteiger partial charge in [-0.1, -0.05) is 30.3 Å². The number of para-hydroxylation sites is 1. The molecular weight excluding hydrogens is 415 g/mol. The first-order chi connectivity index (χ1) is 15.2. The van der Waals surface area contributed by atoms with Crippen LogP contribution in [0, 0.1) is 11.7 Å². The number of halogens is 1. The maximum Gasteiger partial charge on any atom is 0.257 e.